The summed E-state index contributed by atoms with van der Waals surface area (Å²) in [7, 11) is 1.93. The minimum atomic E-state index is -0.149. The first-order chi connectivity index (χ1) is 11.7. The number of ether oxygens (including phenoxy) is 2. The maximum Gasteiger partial charge on any atom is 0.351 e. The molecule has 24 heavy (non-hydrogen) atoms. The largest absolute Gasteiger partial charge is 0.486 e. The van der Waals surface area contributed by atoms with Crippen molar-refractivity contribution in [2.45, 2.75) is 12.8 Å². The molecule has 2 aromatic heterocycles. The van der Waals surface area contributed by atoms with Crippen molar-refractivity contribution in [3.63, 3.8) is 0 Å². The van der Waals surface area contributed by atoms with Gasteiger partial charge in [0.25, 0.3) is 0 Å². The lowest BCUT2D eigenvalue weighted by Gasteiger charge is -2.29. The van der Waals surface area contributed by atoms with Crippen molar-refractivity contribution in [1.29, 1.82) is 0 Å². The number of hydrogen-bond donors (Lipinski definition) is 0. The van der Waals surface area contributed by atoms with E-state index in [1.165, 1.54) is 9.08 Å². The number of fused-ring (bicyclic) bond motifs is 2. The number of likely N-dealkylation sites (N-methyl/N-ethyl adjacent to an activating group) is 1. The highest BCUT2D eigenvalue weighted by Crippen LogP contribution is 2.30. The molecule has 124 valence electrons. The highest BCUT2D eigenvalue weighted by atomic mass is 16.6. The molecule has 1 atom stereocenters. The van der Waals surface area contributed by atoms with Crippen LogP contribution in [0.2, 0.25) is 0 Å². The summed E-state index contributed by atoms with van der Waals surface area (Å²) in [6.07, 6.45) is 1.63. The molecule has 0 saturated carbocycles. The van der Waals surface area contributed by atoms with Crippen LogP contribution in [0.15, 0.2) is 53.5 Å². The van der Waals surface area contributed by atoms with Gasteiger partial charge in [0.2, 0.25) is 0 Å². The molecule has 0 saturated heterocycles. The molecule has 0 N–H and O–H groups in total. The zero-order valence-corrected chi connectivity index (χ0v) is 13.3. The third-order valence-corrected chi connectivity index (χ3v) is 3.95. The third kappa shape index (κ3) is 2.74. The van der Waals surface area contributed by atoms with Gasteiger partial charge in [0.1, 0.15) is 12.7 Å². The van der Waals surface area contributed by atoms with E-state index in [0.29, 0.717) is 25.5 Å². The second kappa shape index (κ2) is 6.01. The number of aromatic nitrogens is 3. The summed E-state index contributed by atoms with van der Waals surface area (Å²) < 4.78 is 14.7. The average Bonchev–Trinajstić information content (AvgIpc) is 2.91. The zero-order valence-electron chi connectivity index (χ0n) is 13.3. The standard InChI is InChI=1S/C17H18N4O3/c1-19(10-13-11-23-14-6-2-3-7-15(14)24-13)12-21-17(22)20-9-5-4-8-16(20)18-21/h2-9,13H,10-12H2,1H3/t13-/m0/s1. The first kappa shape index (κ1) is 14.8. The predicted octanol–water partition coefficient (Wildman–Crippen LogP) is 1.23. The van der Waals surface area contributed by atoms with Gasteiger partial charge in [0.15, 0.2) is 17.1 Å². The van der Waals surface area contributed by atoms with Crippen molar-refractivity contribution < 1.29 is 9.47 Å². The van der Waals surface area contributed by atoms with Crippen LogP contribution in [0.5, 0.6) is 11.5 Å². The number of nitrogens with zero attached hydrogens (tertiary/aromatic N) is 4. The Morgan fingerprint density at radius 2 is 2.00 bits per heavy atom. The van der Waals surface area contributed by atoms with Crippen molar-refractivity contribution in [1.82, 2.24) is 19.1 Å². The van der Waals surface area contributed by atoms with Gasteiger partial charge in [-0.2, -0.15) is 4.68 Å². The number of rotatable bonds is 4. The highest BCUT2D eigenvalue weighted by molar-refractivity contribution is 5.40. The summed E-state index contributed by atoms with van der Waals surface area (Å²) >= 11 is 0. The topological polar surface area (TPSA) is 61.0 Å². The van der Waals surface area contributed by atoms with Crippen LogP contribution in [0.1, 0.15) is 0 Å². The molecular weight excluding hydrogens is 308 g/mol. The molecule has 1 aliphatic heterocycles. The van der Waals surface area contributed by atoms with Gasteiger partial charge in [-0.05, 0) is 31.3 Å². The molecule has 1 aliphatic rings. The van der Waals surface area contributed by atoms with Crippen LogP contribution in [0.3, 0.4) is 0 Å². The van der Waals surface area contributed by atoms with Crippen molar-refractivity contribution in [3.05, 3.63) is 59.1 Å². The van der Waals surface area contributed by atoms with Gasteiger partial charge >= 0.3 is 5.69 Å². The molecule has 0 amide bonds. The molecule has 0 fully saturated rings. The van der Waals surface area contributed by atoms with Crippen LogP contribution >= 0.6 is 0 Å². The molecule has 0 radical (unpaired) electrons. The van der Waals surface area contributed by atoms with Gasteiger partial charge < -0.3 is 9.47 Å². The maximum absolute atomic E-state index is 12.3. The normalized spacial score (nSPS) is 16.7. The lowest BCUT2D eigenvalue weighted by molar-refractivity contribution is 0.0565. The molecule has 0 bridgehead atoms. The molecular formula is C17H18N4O3. The van der Waals surface area contributed by atoms with E-state index in [2.05, 4.69) is 5.10 Å². The third-order valence-electron chi connectivity index (χ3n) is 3.95. The summed E-state index contributed by atoms with van der Waals surface area (Å²) in [6.45, 7) is 1.51. The minimum absolute atomic E-state index is 0.0855. The van der Waals surface area contributed by atoms with Crippen molar-refractivity contribution in [2.24, 2.45) is 0 Å². The summed E-state index contributed by atoms with van der Waals surface area (Å²) in [4.78, 5) is 14.3. The lowest BCUT2D eigenvalue weighted by Crippen LogP contribution is -2.41. The van der Waals surface area contributed by atoms with Crippen LogP contribution < -0.4 is 15.2 Å². The van der Waals surface area contributed by atoms with E-state index in [1.54, 1.807) is 6.20 Å². The predicted molar refractivity (Wildman–Crippen MR) is 88.4 cm³/mol. The summed E-state index contributed by atoms with van der Waals surface area (Å²) in [5.41, 5.74) is 0.491. The number of hydrogen-bond acceptors (Lipinski definition) is 5. The number of pyridine rings is 1. The quantitative estimate of drug-likeness (QED) is 0.721. The Bertz CT molecular complexity index is 917. The molecule has 7 nitrogen and oxygen atoms in total. The minimum Gasteiger partial charge on any atom is -0.486 e. The number of para-hydroxylation sites is 2. The fourth-order valence-corrected chi connectivity index (χ4v) is 2.85. The molecule has 0 aliphatic carbocycles. The van der Waals surface area contributed by atoms with Crippen LogP contribution in [-0.4, -0.2) is 45.4 Å². The van der Waals surface area contributed by atoms with Crippen molar-refractivity contribution in [2.75, 3.05) is 20.2 Å². The Hall–Kier alpha value is -2.80. The SMILES string of the molecule is CN(C[C@H]1COc2ccccc2O1)Cn1nc2ccccn2c1=O. The van der Waals surface area contributed by atoms with E-state index >= 15 is 0 Å². The van der Waals surface area contributed by atoms with E-state index in [0.717, 1.165) is 11.5 Å². The van der Waals surface area contributed by atoms with Gasteiger partial charge in [0.05, 0.1) is 6.67 Å². The molecule has 4 rings (SSSR count). The van der Waals surface area contributed by atoms with Crippen molar-refractivity contribution >= 4 is 5.65 Å². The van der Waals surface area contributed by atoms with E-state index in [9.17, 15) is 4.79 Å². The summed E-state index contributed by atoms with van der Waals surface area (Å²) in [5, 5.41) is 4.33. The first-order valence-electron chi connectivity index (χ1n) is 7.82. The van der Waals surface area contributed by atoms with Gasteiger partial charge in [-0.15, -0.1) is 5.10 Å². The monoisotopic (exact) mass is 326 g/mol. The van der Waals surface area contributed by atoms with Crippen molar-refractivity contribution in [3.8, 4) is 11.5 Å². The molecule has 0 unspecified atom stereocenters. The average molecular weight is 326 g/mol. The Morgan fingerprint density at radius 1 is 1.21 bits per heavy atom. The summed E-state index contributed by atoms with van der Waals surface area (Å²) in [6, 6.07) is 13.1. The Labute approximate surface area is 138 Å². The fourth-order valence-electron chi connectivity index (χ4n) is 2.85. The molecule has 3 aromatic rings. The van der Waals surface area contributed by atoms with Crippen LogP contribution in [0.25, 0.3) is 5.65 Å². The van der Waals surface area contributed by atoms with E-state index in [-0.39, 0.29) is 11.8 Å². The smallest absolute Gasteiger partial charge is 0.351 e. The van der Waals surface area contributed by atoms with Gasteiger partial charge in [0, 0.05) is 12.7 Å². The lowest BCUT2D eigenvalue weighted by atomic mass is 10.2. The van der Waals surface area contributed by atoms with Crippen LogP contribution in [-0.2, 0) is 6.67 Å². The van der Waals surface area contributed by atoms with E-state index < -0.39 is 0 Å². The zero-order chi connectivity index (χ0) is 16.5. The van der Waals surface area contributed by atoms with Crippen LogP contribution in [0.4, 0.5) is 0 Å². The second-order valence-electron chi connectivity index (χ2n) is 5.89. The van der Waals surface area contributed by atoms with Crippen LogP contribution in [0, 0.1) is 0 Å². The van der Waals surface area contributed by atoms with Gasteiger partial charge in [-0.1, -0.05) is 18.2 Å². The molecule has 7 heteroatoms. The van der Waals surface area contributed by atoms with Gasteiger partial charge in [-0.3, -0.25) is 9.30 Å². The Balaban J connectivity index is 1.44. The first-order valence-corrected chi connectivity index (χ1v) is 7.82. The summed E-state index contributed by atoms with van der Waals surface area (Å²) in [5.74, 6) is 1.53. The molecule has 3 heterocycles. The Morgan fingerprint density at radius 3 is 2.83 bits per heavy atom. The van der Waals surface area contributed by atoms with E-state index in [1.807, 2.05) is 54.4 Å². The maximum atomic E-state index is 12.3. The highest BCUT2D eigenvalue weighted by Gasteiger charge is 2.22. The number of benzene rings is 1. The van der Waals surface area contributed by atoms with E-state index in [4.69, 9.17) is 9.47 Å². The molecule has 1 aromatic carbocycles. The van der Waals surface area contributed by atoms with Gasteiger partial charge in [-0.25, -0.2) is 4.79 Å². The second-order valence-corrected chi connectivity index (χ2v) is 5.89. The molecule has 0 spiro atoms. The Kier molecular flexibility index (Phi) is 3.70. The fraction of sp³-hybridized carbons (Fsp3) is 0.294.